The molecule has 0 aliphatic carbocycles. The number of thiophene rings is 1. The maximum Gasteiger partial charge on any atom is 0.264 e. The van der Waals surface area contributed by atoms with Gasteiger partial charge in [-0.05, 0) is 164 Å². The van der Waals surface area contributed by atoms with Crippen molar-refractivity contribution in [3.8, 4) is 44.5 Å². The average molecular weight is 1100 g/mol. The molecule has 0 radical (unpaired) electrons. The van der Waals surface area contributed by atoms with E-state index in [9.17, 15) is 5.48 Å². The highest BCUT2D eigenvalue weighted by Gasteiger charge is 2.46. The van der Waals surface area contributed by atoms with E-state index in [-0.39, 0.29) is 52.7 Å². The highest BCUT2D eigenvalue weighted by atomic mass is 32.1. The first-order valence-electron chi connectivity index (χ1n) is 31.9. The van der Waals surface area contributed by atoms with Crippen LogP contribution in [0, 0.1) is 0 Å². The Hall–Kier alpha value is -8.96. The number of benzene rings is 12. The second-order valence-electron chi connectivity index (χ2n) is 26.1. The molecular formula is C80H67BN2S. The van der Waals surface area contributed by atoms with Gasteiger partial charge in [0.2, 0.25) is 0 Å². The molecule has 4 heteroatoms. The third-order valence-electron chi connectivity index (χ3n) is 17.8. The lowest BCUT2D eigenvalue weighted by Crippen LogP contribution is -2.60. The molecule has 0 saturated heterocycles. The zero-order chi connectivity index (χ0) is 61.7. The van der Waals surface area contributed by atoms with Crippen molar-refractivity contribution in [1.82, 2.24) is 0 Å². The van der Waals surface area contributed by atoms with Gasteiger partial charge in [0, 0.05) is 43.1 Å². The van der Waals surface area contributed by atoms with Gasteiger partial charge >= 0.3 is 0 Å². The highest BCUT2D eigenvalue weighted by Crippen LogP contribution is 2.53. The minimum atomic E-state index is -0.426. The van der Waals surface area contributed by atoms with Gasteiger partial charge in [-0.2, -0.15) is 0 Å². The molecule has 2 aliphatic rings. The lowest BCUT2D eigenvalue weighted by atomic mass is 9.36. The zero-order valence-electron chi connectivity index (χ0n) is 54.1. The molecule has 0 fully saturated rings. The fraction of sp³-hybridized carbons (Fsp3) is 0.150. The van der Waals surface area contributed by atoms with Crippen LogP contribution in [0.25, 0.3) is 86.9 Å². The number of nitrogens with zero attached hydrogens (tertiary/aromatic N) is 2. The van der Waals surface area contributed by atoms with Gasteiger partial charge in [-0.25, -0.2) is 0 Å². The molecule has 0 N–H and O–H groups in total. The van der Waals surface area contributed by atoms with Crippen molar-refractivity contribution in [2.24, 2.45) is 0 Å². The number of anilines is 6. The smallest absolute Gasteiger partial charge is 0.264 e. The third-order valence-corrected chi connectivity index (χ3v) is 19.0. The molecule has 0 atom stereocenters. The Morgan fingerprint density at radius 1 is 0.345 bits per heavy atom. The van der Waals surface area contributed by atoms with Crippen molar-refractivity contribution >= 4 is 110 Å². The summed E-state index contributed by atoms with van der Waals surface area (Å²) in [6.07, 6.45) is 0. The molecule has 2 nitrogen and oxygen atoms in total. The van der Waals surface area contributed by atoms with Crippen LogP contribution in [0.3, 0.4) is 0 Å². The Morgan fingerprint density at radius 3 is 1.56 bits per heavy atom. The summed E-state index contributed by atoms with van der Waals surface area (Å²) in [5.74, 6) is 0. The third kappa shape index (κ3) is 8.43. The van der Waals surface area contributed by atoms with Gasteiger partial charge in [0.25, 0.3) is 6.71 Å². The lowest BCUT2D eigenvalue weighted by molar-refractivity contribution is 0.590. The minimum Gasteiger partial charge on any atom is -0.311 e. The molecule has 13 aromatic rings. The Morgan fingerprint density at radius 2 is 0.881 bits per heavy atom. The summed E-state index contributed by atoms with van der Waals surface area (Å²) in [4.78, 5) is 4.90. The van der Waals surface area contributed by atoms with E-state index in [4.69, 9.17) is 1.37 Å². The van der Waals surface area contributed by atoms with Crippen LogP contribution in [0.2, 0.25) is 0 Å². The topological polar surface area (TPSA) is 6.48 Å². The summed E-state index contributed by atoms with van der Waals surface area (Å²) >= 11 is 1.85. The van der Waals surface area contributed by atoms with Gasteiger partial charge in [0.1, 0.15) is 0 Å². The Bertz CT molecular complexity index is 5040. The molecule has 0 amide bonds. The van der Waals surface area contributed by atoms with Crippen molar-refractivity contribution in [2.45, 2.75) is 78.6 Å². The van der Waals surface area contributed by atoms with Gasteiger partial charge < -0.3 is 9.80 Å². The first kappa shape index (κ1) is 46.5. The maximum atomic E-state index is 9.73. The quantitative estimate of drug-likeness (QED) is 0.121. The predicted molar refractivity (Wildman–Crippen MR) is 366 cm³/mol. The largest absolute Gasteiger partial charge is 0.311 e. The van der Waals surface area contributed by atoms with E-state index in [1.807, 2.05) is 11.3 Å². The molecule has 15 rings (SSSR count). The summed E-state index contributed by atoms with van der Waals surface area (Å²) in [6.45, 7) is 20.1. The van der Waals surface area contributed by atoms with E-state index >= 15 is 0 Å². The molecule has 0 saturated carbocycles. The van der Waals surface area contributed by atoms with E-state index < -0.39 is 6.04 Å². The molecule has 0 spiro atoms. The second-order valence-corrected chi connectivity index (χ2v) is 27.2. The monoisotopic (exact) mass is 1100 g/mol. The van der Waals surface area contributed by atoms with Crippen molar-refractivity contribution in [2.75, 3.05) is 9.80 Å². The minimum absolute atomic E-state index is 0.0211. The van der Waals surface area contributed by atoms with E-state index in [0.29, 0.717) is 5.56 Å². The highest BCUT2D eigenvalue weighted by molar-refractivity contribution is 7.33. The van der Waals surface area contributed by atoms with E-state index in [0.717, 1.165) is 83.8 Å². The van der Waals surface area contributed by atoms with E-state index in [2.05, 4.69) is 284 Å². The summed E-state index contributed by atoms with van der Waals surface area (Å²) in [5.41, 5.74) is 18.3. The van der Waals surface area contributed by atoms with Crippen molar-refractivity contribution < 1.29 is 6.85 Å². The van der Waals surface area contributed by atoms with Crippen LogP contribution in [-0.4, -0.2) is 6.71 Å². The van der Waals surface area contributed by atoms with Crippen LogP contribution in [0.15, 0.2) is 243 Å². The maximum absolute atomic E-state index is 9.73. The van der Waals surface area contributed by atoms with E-state index in [1.54, 1.807) is 0 Å². The summed E-state index contributed by atoms with van der Waals surface area (Å²) in [5, 5.41) is 8.33. The van der Waals surface area contributed by atoms with Crippen LogP contribution in [0.5, 0.6) is 0 Å². The van der Waals surface area contributed by atoms with Gasteiger partial charge in [-0.3, -0.25) is 0 Å². The fourth-order valence-electron chi connectivity index (χ4n) is 13.4. The Labute approximate surface area is 506 Å². The molecule has 84 heavy (non-hydrogen) atoms. The molecule has 406 valence electrons. The Kier molecular flexibility index (Phi) is 10.7. The lowest BCUT2D eigenvalue weighted by Gasteiger charge is -2.44. The normalized spacial score (nSPS) is 14.1. The van der Waals surface area contributed by atoms with Crippen molar-refractivity contribution in [3.05, 3.63) is 259 Å². The Balaban J connectivity index is 1.11. The molecule has 3 heterocycles. The fourth-order valence-corrected chi connectivity index (χ4v) is 14.7. The number of para-hydroxylation sites is 1. The van der Waals surface area contributed by atoms with Gasteiger partial charge in [0.15, 0.2) is 0 Å². The number of rotatable bonds is 6. The zero-order valence-corrected chi connectivity index (χ0v) is 49.9. The number of hydrogen-bond donors (Lipinski definition) is 0. The van der Waals surface area contributed by atoms with E-state index in [1.165, 1.54) is 58.5 Å². The van der Waals surface area contributed by atoms with Crippen LogP contribution >= 0.6 is 11.3 Å². The number of hydrogen-bond acceptors (Lipinski definition) is 3. The van der Waals surface area contributed by atoms with Crippen molar-refractivity contribution in [1.29, 1.82) is 0 Å². The average Bonchev–Trinajstić information content (AvgIpc) is 1.64. The molecule has 1 aromatic heterocycles. The summed E-state index contributed by atoms with van der Waals surface area (Å²) in [7, 11) is 0. The van der Waals surface area contributed by atoms with Gasteiger partial charge in [0.05, 0.1) is 23.9 Å². The predicted octanol–water partition coefficient (Wildman–Crippen LogP) is 21.0. The first-order valence-corrected chi connectivity index (χ1v) is 30.3. The van der Waals surface area contributed by atoms with Crippen LogP contribution in [-0.2, 0) is 16.2 Å². The van der Waals surface area contributed by atoms with Gasteiger partial charge in [-0.15, -0.1) is 11.3 Å². The molecule has 12 aromatic carbocycles. The van der Waals surface area contributed by atoms with Crippen LogP contribution in [0.4, 0.5) is 34.1 Å². The summed E-state index contributed by atoms with van der Waals surface area (Å²) in [6, 6.07) is 76.4. The first-order chi connectivity index (χ1) is 42.6. The second kappa shape index (κ2) is 19.3. The van der Waals surface area contributed by atoms with Gasteiger partial charge in [-0.1, -0.05) is 250 Å². The molecule has 0 unspecified atom stereocenters. The van der Waals surface area contributed by atoms with Crippen LogP contribution in [0.1, 0.15) is 85.9 Å². The van der Waals surface area contributed by atoms with Crippen molar-refractivity contribution in [3.63, 3.8) is 0 Å². The standard InChI is InChI=1S/C80H67BN2S/c1-78(2,3)56-36-32-51(33-37-56)53-35-41-71-68(45-53)81-75-72(82(71)70-42-38-57(79(4,5)6)48-65(70)54-34-40-64-62-29-17-16-27-60(62)61-28-18-19-30-63(61)66(64)44-54)46-55(50-22-12-10-13-23-50)47-73(75)83(69-31-21-20-26-59(69)52-24-14-11-15-25-52)76-67-49-58(80(7,8)9)39-43-74(67)84-77(76)81/h10-49H,1-9H3/i10D,12D,13D,22D,23D. The van der Waals surface area contributed by atoms with Crippen LogP contribution < -0.4 is 25.5 Å². The summed E-state index contributed by atoms with van der Waals surface area (Å²) < 4.78 is 49.0. The SMILES string of the molecule is [2H]c1c([2H])c([2H])c(-c2cc3c4c(c2)N(c2ccccc2-c2ccccc2)c2c(sc5ccc(C(C)(C)C)cc25)B4c2cc(-c4ccc(C(C)(C)C)cc4)ccc2N3c2ccc(C(C)(C)C)cc2-c2ccc3c4ccccc4c4ccccc4c3c2)c([2H])c1[2H]. The molecule has 0 bridgehead atoms. The molecular weight excluding hydrogens is 1030 g/mol. The molecule has 2 aliphatic heterocycles. The number of fused-ring (bicyclic) bond motifs is 12.